The van der Waals surface area contributed by atoms with Gasteiger partial charge < -0.3 is 10.2 Å². The lowest BCUT2D eigenvalue weighted by Gasteiger charge is -2.71. The molecule has 0 aromatic carbocycles. The number of Topliss-reactive ketones (excluding diaryl/α,β-unsaturated/α-hetero) is 1. The lowest BCUT2D eigenvalue weighted by atomic mass is 9.33. The number of carboxylic acid groups (broad SMARTS) is 1. The Morgan fingerprint density at radius 1 is 0.941 bits per heavy atom. The van der Waals surface area contributed by atoms with Gasteiger partial charge in [0.2, 0.25) is 0 Å². The van der Waals surface area contributed by atoms with E-state index in [1.165, 1.54) is 5.57 Å². The van der Waals surface area contributed by atoms with E-state index in [0.717, 1.165) is 44.9 Å². The number of fused-ring (bicyclic) bond motifs is 7. The molecule has 34 heavy (non-hydrogen) atoms. The molecule has 0 radical (unpaired) electrons. The van der Waals surface area contributed by atoms with Crippen LogP contribution in [0.4, 0.5) is 0 Å². The number of hydrogen-bond donors (Lipinski definition) is 2. The van der Waals surface area contributed by atoms with Gasteiger partial charge in [-0.3, -0.25) is 9.59 Å². The maximum atomic E-state index is 12.9. The van der Waals surface area contributed by atoms with Crippen LogP contribution in [0.15, 0.2) is 11.6 Å². The van der Waals surface area contributed by atoms with Crippen LogP contribution in [0.25, 0.3) is 0 Å². The quantitative estimate of drug-likeness (QED) is 0.434. The Balaban J connectivity index is 1.62. The lowest BCUT2D eigenvalue weighted by molar-refractivity contribution is -0.206. The van der Waals surface area contributed by atoms with Gasteiger partial charge in [-0.25, -0.2) is 0 Å². The minimum absolute atomic E-state index is 0.0442. The van der Waals surface area contributed by atoms with Crippen molar-refractivity contribution in [3.8, 4) is 0 Å². The number of carbonyl (C=O) groups is 2. The summed E-state index contributed by atoms with van der Waals surface area (Å²) in [5.41, 5.74) is 0.267. The van der Waals surface area contributed by atoms with E-state index in [2.05, 4.69) is 47.6 Å². The average molecular weight is 471 g/mol. The van der Waals surface area contributed by atoms with Gasteiger partial charge in [0.05, 0.1) is 11.5 Å². The van der Waals surface area contributed by atoms with Crippen molar-refractivity contribution in [2.45, 2.75) is 112 Å². The highest BCUT2D eigenvalue weighted by molar-refractivity contribution is 5.85. The molecule has 4 heteroatoms. The summed E-state index contributed by atoms with van der Waals surface area (Å²) in [6.45, 7) is 15.8. The van der Waals surface area contributed by atoms with Crippen LogP contribution >= 0.6 is 0 Å². The van der Waals surface area contributed by atoms with E-state index in [0.29, 0.717) is 24.5 Å². The third kappa shape index (κ3) is 2.81. The molecule has 190 valence electrons. The van der Waals surface area contributed by atoms with Crippen LogP contribution in [0.1, 0.15) is 106 Å². The molecule has 0 bridgehead atoms. The van der Waals surface area contributed by atoms with Crippen LogP contribution < -0.4 is 0 Å². The van der Waals surface area contributed by atoms with Crippen LogP contribution in [-0.2, 0) is 9.59 Å². The van der Waals surface area contributed by atoms with Crippen LogP contribution in [0, 0.1) is 50.2 Å². The second-order valence-electron chi connectivity index (χ2n) is 14.9. The minimum atomic E-state index is -0.691. The lowest BCUT2D eigenvalue weighted by Crippen LogP contribution is -2.67. The predicted molar refractivity (Wildman–Crippen MR) is 133 cm³/mol. The number of hydrogen-bond acceptors (Lipinski definition) is 3. The van der Waals surface area contributed by atoms with E-state index in [9.17, 15) is 19.8 Å². The summed E-state index contributed by atoms with van der Waals surface area (Å²) < 4.78 is 0. The van der Waals surface area contributed by atoms with Gasteiger partial charge in [0.1, 0.15) is 5.78 Å². The van der Waals surface area contributed by atoms with E-state index >= 15 is 0 Å². The Hall–Kier alpha value is -1.16. The highest BCUT2D eigenvalue weighted by Gasteiger charge is 2.70. The molecule has 9 atom stereocenters. The molecule has 0 saturated heterocycles. The topological polar surface area (TPSA) is 74.6 Å². The number of aliphatic hydroxyl groups excluding tert-OH is 1. The van der Waals surface area contributed by atoms with Gasteiger partial charge in [-0.05, 0) is 91.8 Å². The Kier molecular flexibility index (Phi) is 5.04. The third-order valence-corrected chi connectivity index (χ3v) is 13.0. The summed E-state index contributed by atoms with van der Waals surface area (Å²) in [4.78, 5) is 25.2. The Morgan fingerprint density at radius 2 is 1.59 bits per heavy atom. The molecule has 0 spiro atoms. The molecule has 4 nitrogen and oxygen atoms in total. The largest absolute Gasteiger partial charge is 0.481 e. The first-order valence-electron chi connectivity index (χ1n) is 13.7. The molecule has 4 fully saturated rings. The Morgan fingerprint density at radius 3 is 2.24 bits per heavy atom. The fraction of sp³-hybridized carbons (Fsp3) is 0.867. The first-order chi connectivity index (χ1) is 15.6. The van der Waals surface area contributed by atoms with Gasteiger partial charge in [-0.15, -0.1) is 0 Å². The number of allylic oxidation sites excluding steroid dienone is 1. The molecular formula is C30H46O4. The molecule has 0 amide bonds. The standard InChI is InChI=1S/C30H46O4/c1-25(2)21-8-11-30(7)23(28(21,5)10-9-22(25)32)20(31)16-18-19-17-27(4,24(33)34)13-12-26(19,3)14-15-29(18,30)6/h16,19-21,23,31H,8-15,17H2,1-7H3,(H,33,34)/t19-,20+,21?,23+,26+,27-,28-,29+,30+/m0/s1. The smallest absolute Gasteiger partial charge is 0.309 e. The highest BCUT2D eigenvalue weighted by atomic mass is 16.4. The molecule has 5 rings (SSSR count). The van der Waals surface area contributed by atoms with Crippen LogP contribution in [0.2, 0.25) is 0 Å². The molecule has 1 unspecified atom stereocenters. The molecule has 2 N–H and O–H groups in total. The van der Waals surface area contributed by atoms with Gasteiger partial charge in [0, 0.05) is 17.8 Å². The second kappa shape index (κ2) is 6.99. The maximum absolute atomic E-state index is 12.9. The number of carboxylic acids is 1. The van der Waals surface area contributed by atoms with Crippen molar-refractivity contribution in [1.29, 1.82) is 0 Å². The summed E-state index contributed by atoms with van der Waals surface area (Å²) in [6, 6.07) is 0. The van der Waals surface area contributed by atoms with E-state index in [1.807, 2.05) is 6.92 Å². The number of carbonyl (C=O) groups excluding carboxylic acids is 1. The molecule has 0 aromatic heterocycles. The van der Waals surface area contributed by atoms with Gasteiger partial charge >= 0.3 is 5.97 Å². The van der Waals surface area contributed by atoms with Crippen molar-refractivity contribution < 1.29 is 19.8 Å². The maximum Gasteiger partial charge on any atom is 0.309 e. The zero-order chi connectivity index (χ0) is 25.1. The van der Waals surface area contributed by atoms with Crippen molar-refractivity contribution in [1.82, 2.24) is 0 Å². The fourth-order valence-electron chi connectivity index (χ4n) is 10.4. The van der Waals surface area contributed by atoms with E-state index in [1.54, 1.807) is 0 Å². The van der Waals surface area contributed by atoms with Gasteiger partial charge in [-0.1, -0.05) is 53.2 Å². The second-order valence-corrected chi connectivity index (χ2v) is 14.9. The number of rotatable bonds is 1. The van der Waals surface area contributed by atoms with E-state index in [-0.39, 0.29) is 38.9 Å². The van der Waals surface area contributed by atoms with Gasteiger partial charge in [-0.2, -0.15) is 0 Å². The Labute approximate surface area is 206 Å². The van der Waals surface area contributed by atoms with Gasteiger partial charge in [0.25, 0.3) is 0 Å². The zero-order valence-corrected chi connectivity index (χ0v) is 22.5. The van der Waals surface area contributed by atoms with Crippen molar-refractivity contribution in [2.75, 3.05) is 0 Å². The summed E-state index contributed by atoms with van der Waals surface area (Å²) in [5, 5.41) is 22.0. The van der Waals surface area contributed by atoms with Crippen LogP contribution in [-0.4, -0.2) is 28.1 Å². The molecular weight excluding hydrogens is 424 g/mol. The first kappa shape index (κ1) is 24.5. The normalized spacial score (nSPS) is 54.1. The first-order valence-corrected chi connectivity index (χ1v) is 13.7. The fourth-order valence-corrected chi connectivity index (χ4v) is 10.4. The summed E-state index contributed by atoms with van der Waals surface area (Å²) >= 11 is 0. The predicted octanol–water partition coefficient (Wildman–Crippen LogP) is 6.41. The monoisotopic (exact) mass is 470 g/mol. The van der Waals surface area contributed by atoms with E-state index in [4.69, 9.17) is 0 Å². The average Bonchev–Trinajstić information content (AvgIpc) is 2.73. The van der Waals surface area contributed by atoms with Crippen molar-refractivity contribution in [3.63, 3.8) is 0 Å². The van der Waals surface area contributed by atoms with Crippen molar-refractivity contribution >= 4 is 11.8 Å². The molecule has 5 aliphatic carbocycles. The minimum Gasteiger partial charge on any atom is -0.481 e. The molecule has 0 heterocycles. The molecule has 5 aliphatic rings. The number of ketones is 1. The SMILES string of the molecule is CC1(C)C(=O)CC[C@@]2(C)C1CC[C@]1(C)[C@@H]2[C@H](O)C=C2[C@@H]3C[C@@](C)(C(=O)O)CC[C@]3(C)CC[C@]21C. The van der Waals surface area contributed by atoms with Crippen molar-refractivity contribution in [3.05, 3.63) is 11.6 Å². The Bertz CT molecular complexity index is 965. The summed E-state index contributed by atoms with van der Waals surface area (Å²) in [7, 11) is 0. The van der Waals surface area contributed by atoms with Crippen LogP contribution in [0.3, 0.4) is 0 Å². The van der Waals surface area contributed by atoms with Crippen LogP contribution in [0.5, 0.6) is 0 Å². The van der Waals surface area contributed by atoms with Gasteiger partial charge in [0.15, 0.2) is 0 Å². The number of aliphatic hydroxyl groups is 1. The van der Waals surface area contributed by atoms with E-state index < -0.39 is 17.5 Å². The van der Waals surface area contributed by atoms with Crippen molar-refractivity contribution in [2.24, 2.45) is 50.2 Å². The molecule has 0 aromatic rings. The molecule has 4 saturated carbocycles. The summed E-state index contributed by atoms with van der Waals surface area (Å²) in [5.74, 6) is 0.341. The highest BCUT2D eigenvalue weighted by Crippen LogP contribution is 2.75. The summed E-state index contributed by atoms with van der Waals surface area (Å²) in [6.07, 6.45) is 9.80. The molecule has 0 aliphatic heterocycles. The number of aliphatic carboxylic acids is 1. The zero-order valence-electron chi connectivity index (χ0n) is 22.5. The third-order valence-electron chi connectivity index (χ3n) is 13.0.